The second-order valence-corrected chi connectivity index (χ2v) is 8.00. The largest absolute Gasteiger partial charge is 0.489 e. The summed E-state index contributed by atoms with van der Waals surface area (Å²) in [6.45, 7) is 12.7. The van der Waals surface area contributed by atoms with Crippen LogP contribution in [0, 0.1) is 6.92 Å². The second kappa shape index (κ2) is 8.70. The monoisotopic (exact) mass is 368 g/mol. The van der Waals surface area contributed by atoms with Crippen LogP contribution >= 0.6 is 0 Å². The number of aryl methyl sites for hydroxylation is 1. The summed E-state index contributed by atoms with van der Waals surface area (Å²) in [5.74, 6) is 2.60. The molecule has 2 aromatic rings. The van der Waals surface area contributed by atoms with Crippen LogP contribution in [0.25, 0.3) is 0 Å². The molecule has 5 heteroatoms. The molecule has 2 heterocycles. The number of piperidine rings is 1. The minimum atomic E-state index is 0.114. The molecule has 0 aliphatic carbocycles. The Kier molecular flexibility index (Phi) is 6.32. The first kappa shape index (κ1) is 19.6. The summed E-state index contributed by atoms with van der Waals surface area (Å²) in [6.07, 6.45) is 6.10. The smallest absolute Gasteiger partial charge is 0.148 e. The number of hydrogen-bond acceptors (Lipinski definition) is 5. The van der Waals surface area contributed by atoms with Crippen LogP contribution in [0.1, 0.15) is 69.2 Å². The molecule has 1 aliphatic rings. The number of nitrogens with zero attached hydrogens (tertiary/aromatic N) is 2. The fourth-order valence-corrected chi connectivity index (χ4v) is 3.56. The van der Waals surface area contributed by atoms with Crippen molar-refractivity contribution in [2.45, 2.75) is 65.4 Å². The van der Waals surface area contributed by atoms with Gasteiger partial charge in [-0.2, -0.15) is 0 Å². The summed E-state index contributed by atoms with van der Waals surface area (Å²) in [7, 11) is 0. The number of nitrogens with one attached hydrogen (secondary N) is 2. The molecule has 146 valence electrons. The van der Waals surface area contributed by atoms with Crippen molar-refractivity contribution in [3.63, 3.8) is 0 Å². The zero-order chi connectivity index (χ0) is 19.4. The van der Waals surface area contributed by atoms with Crippen LogP contribution in [0.3, 0.4) is 0 Å². The average Bonchev–Trinajstić information content (AvgIpc) is 2.64. The third kappa shape index (κ3) is 4.98. The van der Waals surface area contributed by atoms with Gasteiger partial charge < -0.3 is 15.4 Å². The molecule has 0 amide bonds. The van der Waals surface area contributed by atoms with Crippen molar-refractivity contribution < 1.29 is 4.74 Å². The van der Waals surface area contributed by atoms with Gasteiger partial charge in [-0.25, -0.2) is 4.98 Å². The Bertz CT molecular complexity index is 750. The molecule has 3 rings (SSSR count). The fourth-order valence-electron chi connectivity index (χ4n) is 3.56. The first-order valence-corrected chi connectivity index (χ1v) is 10.0. The molecular weight excluding hydrogens is 336 g/mol. The molecule has 1 aromatic heterocycles. The van der Waals surface area contributed by atoms with Gasteiger partial charge in [-0.15, -0.1) is 0 Å². The van der Waals surface area contributed by atoms with Crippen molar-refractivity contribution in [3.8, 4) is 5.75 Å². The third-order valence-electron chi connectivity index (χ3n) is 5.04. The summed E-state index contributed by atoms with van der Waals surface area (Å²) >= 11 is 0. The molecule has 1 fully saturated rings. The van der Waals surface area contributed by atoms with E-state index in [4.69, 9.17) is 4.74 Å². The predicted octanol–water partition coefficient (Wildman–Crippen LogP) is 4.91. The third-order valence-corrected chi connectivity index (χ3v) is 5.04. The van der Waals surface area contributed by atoms with Gasteiger partial charge in [-0.1, -0.05) is 13.8 Å². The summed E-state index contributed by atoms with van der Waals surface area (Å²) in [5.41, 5.74) is 4.65. The lowest BCUT2D eigenvalue weighted by Gasteiger charge is -2.26. The van der Waals surface area contributed by atoms with E-state index in [1.54, 1.807) is 6.20 Å². The molecule has 0 saturated carbocycles. The van der Waals surface area contributed by atoms with Crippen molar-refractivity contribution in [2.75, 3.05) is 18.4 Å². The summed E-state index contributed by atoms with van der Waals surface area (Å²) in [5, 5.41) is 6.85. The van der Waals surface area contributed by atoms with E-state index in [9.17, 15) is 0 Å². The van der Waals surface area contributed by atoms with E-state index in [-0.39, 0.29) is 6.10 Å². The summed E-state index contributed by atoms with van der Waals surface area (Å²) in [4.78, 5) is 9.03. The van der Waals surface area contributed by atoms with Gasteiger partial charge in [0, 0.05) is 0 Å². The molecule has 1 aliphatic heterocycles. The Morgan fingerprint density at radius 1 is 1.07 bits per heavy atom. The molecule has 0 atom stereocenters. The number of rotatable bonds is 6. The molecule has 27 heavy (non-hydrogen) atoms. The van der Waals surface area contributed by atoms with Crippen molar-refractivity contribution in [1.29, 1.82) is 0 Å². The van der Waals surface area contributed by atoms with E-state index in [2.05, 4.69) is 67.4 Å². The van der Waals surface area contributed by atoms with Crippen LogP contribution in [0.2, 0.25) is 0 Å². The van der Waals surface area contributed by atoms with E-state index in [0.29, 0.717) is 11.8 Å². The molecule has 0 spiro atoms. The highest BCUT2D eigenvalue weighted by atomic mass is 16.5. The predicted molar refractivity (Wildman–Crippen MR) is 111 cm³/mol. The Hall–Kier alpha value is -2.14. The van der Waals surface area contributed by atoms with Gasteiger partial charge >= 0.3 is 0 Å². The minimum Gasteiger partial charge on any atom is -0.489 e. The topological polar surface area (TPSA) is 59.1 Å². The standard InChI is InChI=1S/C22H32N4O/c1-14(2)20-12-25-22(13-24-20)26-19-10-16(5)18(11-21(19)27-15(3)4)17-6-8-23-9-7-17/h10-15,17,23H,6-9H2,1-5H3,(H,25,26). The lowest BCUT2D eigenvalue weighted by Crippen LogP contribution is -2.27. The van der Waals surface area contributed by atoms with Crippen molar-refractivity contribution in [1.82, 2.24) is 15.3 Å². The second-order valence-electron chi connectivity index (χ2n) is 8.00. The van der Waals surface area contributed by atoms with Crippen molar-refractivity contribution in [3.05, 3.63) is 41.3 Å². The highest BCUT2D eigenvalue weighted by molar-refractivity contribution is 5.66. The lowest BCUT2D eigenvalue weighted by molar-refractivity contribution is 0.243. The van der Waals surface area contributed by atoms with E-state index in [1.165, 1.54) is 24.0 Å². The maximum absolute atomic E-state index is 6.14. The van der Waals surface area contributed by atoms with Gasteiger partial charge in [0.25, 0.3) is 0 Å². The van der Waals surface area contributed by atoms with Crippen LogP contribution in [0.15, 0.2) is 24.5 Å². The SMILES string of the molecule is Cc1cc(Nc2cnc(C(C)C)cn2)c(OC(C)C)cc1C1CCNCC1. The Morgan fingerprint density at radius 2 is 1.81 bits per heavy atom. The maximum atomic E-state index is 6.14. The average molecular weight is 369 g/mol. The number of benzene rings is 1. The van der Waals surface area contributed by atoms with E-state index in [0.717, 1.165) is 36.0 Å². The van der Waals surface area contributed by atoms with Crippen LogP contribution < -0.4 is 15.4 Å². The highest BCUT2D eigenvalue weighted by Crippen LogP contribution is 2.37. The molecule has 5 nitrogen and oxygen atoms in total. The zero-order valence-corrected chi connectivity index (χ0v) is 17.2. The van der Waals surface area contributed by atoms with Gasteiger partial charge in [-0.05, 0) is 81.8 Å². The quantitative estimate of drug-likeness (QED) is 0.759. The molecule has 0 radical (unpaired) electrons. The highest BCUT2D eigenvalue weighted by Gasteiger charge is 2.20. The van der Waals surface area contributed by atoms with Crippen molar-refractivity contribution in [2.24, 2.45) is 0 Å². The number of ether oxygens (including phenoxy) is 1. The molecule has 1 saturated heterocycles. The fraction of sp³-hybridized carbons (Fsp3) is 0.545. The summed E-state index contributed by atoms with van der Waals surface area (Å²) in [6, 6.07) is 4.41. The van der Waals surface area contributed by atoms with Crippen LogP contribution in [-0.2, 0) is 0 Å². The van der Waals surface area contributed by atoms with Crippen LogP contribution in [0.5, 0.6) is 5.75 Å². The van der Waals surface area contributed by atoms with Crippen LogP contribution in [0.4, 0.5) is 11.5 Å². The lowest BCUT2D eigenvalue weighted by atomic mass is 9.87. The molecular formula is C22H32N4O. The van der Waals surface area contributed by atoms with Gasteiger partial charge in [0.15, 0.2) is 0 Å². The number of hydrogen-bond donors (Lipinski definition) is 2. The zero-order valence-electron chi connectivity index (χ0n) is 17.2. The van der Waals surface area contributed by atoms with Gasteiger partial charge in [0.05, 0.1) is 29.9 Å². The first-order valence-electron chi connectivity index (χ1n) is 10.0. The van der Waals surface area contributed by atoms with E-state index in [1.807, 2.05) is 6.20 Å². The number of aromatic nitrogens is 2. The molecule has 1 aromatic carbocycles. The Labute approximate surface area is 163 Å². The summed E-state index contributed by atoms with van der Waals surface area (Å²) < 4.78 is 6.14. The molecule has 2 N–H and O–H groups in total. The van der Waals surface area contributed by atoms with E-state index < -0.39 is 0 Å². The number of anilines is 2. The Balaban J connectivity index is 1.89. The molecule has 0 unspecified atom stereocenters. The van der Waals surface area contributed by atoms with E-state index >= 15 is 0 Å². The molecule has 0 bridgehead atoms. The first-order chi connectivity index (χ1) is 12.9. The van der Waals surface area contributed by atoms with Gasteiger partial charge in [-0.3, -0.25) is 4.98 Å². The normalized spacial score (nSPS) is 15.4. The maximum Gasteiger partial charge on any atom is 0.148 e. The van der Waals surface area contributed by atoms with Crippen molar-refractivity contribution >= 4 is 11.5 Å². The minimum absolute atomic E-state index is 0.114. The van der Waals surface area contributed by atoms with Gasteiger partial charge in [0.2, 0.25) is 0 Å². The van der Waals surface area contributed by atoms with Crippen LogP contribution in [-0.4, -0.2) is 29.2 Å². The van der Waals surface area contributed by atoms with Gasteiger partial charge in [0.1, 0.15) is 11.6 Å². The Morgan fingerprint density at radius 3 is 2.41 bits per heavy atom.